The fourth-order valence-corrected chi connectivity index (χ4v) is 1.56. The molecule has 64 valence electrons. The number of ether oxygens (including phenoxy) is 1. The van der Waals surface area contributed by atoms with Gasteiger partial charge in [-0.15, -0.1) is 0 Å². The smallest absolute Gasteiger partial charge is 0.346 e. The van der Waals surface area contributed by atoms with Crippen molar-refractivity contribution >= 4 is 28.6 Å². The Morgan fingerprint density at radius 1 is 1.91 bits per heavy atom. The van der Waals surface area contributed by atoms with Crippen LogP contribution in [0, 0.1) is 0 Å². The number of hydrogen-bond acceptors (Lipinski definition) is 3. The molecular formula is C6H8FIO3. The quantitative estimate of drug-likeness (QED) is 0.428. The topological polar surface area (TPSA) is 46.5 Å². The van der Waals surface area contributed by atoms with E-state index in [0.717, 1.165) is 6.92 Å². The number of halogens is 2. The predicted octanol–water partition coefficient (Wildman–Crippen LogP) is 0.436. The molecule has 1 N–H and O–H groups in total. The van der Waals surface area contributed by atoms with Gasteiger partial charge in [0.2, 0.25) is 5.67 Å². The SMILES string of the molecule is C[C@]1(F)C(=O)O[C@@H](CI)[C@H]1O. The van der Waals surface area contributed by atoms with E-state index in [1.165, 1.54) is 0 Å². The Morgan fingerprint density at radius 3 is 2.64 bits per heavy atom. The van der Waals surface area contributed by atoms with Crippen LogP contribution in [0.4, 0.5) is 4.39 Å². The fraction of sp³-hybridized carbons (Fsp3) is 0.833. The molecule has 0 unspecified atom stereocenters. The third kappa shape index (κ3) is 1.35. The maximum absolute atomic E-state index is 13.1. The molecule has 0 saturated carbocycles. The van der Waals surface area contributed by atoms with Crippen LogP contribution in [0.3, 0.4) is 0 Å². The Bertz CT molecular complexity index is 183. The highest BCUT2D eigenvalue weighted by Gasteiger charge is 2.54. The van der Waals surface area contributed by atoms with Crippen molar-refractivity contribution in [3.8, 4) is 0 Å². The second-order valence-corrected chi connectivity index (χ2v) is 3.50. The van der Waals surface area contributed by atoms with E-state index in [0.29, 0.717) is 4.43 Å². The molecule has 1 fully saturated rings. The van der Waals surface area contributed by atoms with Crippen molar-refractivity contribution < 1.29 is 19.0 Å². The van der Waals surface area contributed by atoms with E-state index >= 15 is 0 Å². The van der Waals surface area contributed by atoms with Gasteiger partial charge < -0.3 is 9.84 Å². The van der Waals surface area contributed by atoms with E-state index in [1.54, 1.807) is 0 Å². The van der Waals surface area contributed by atoms with E-state index < -0.39 is 23.8 Å². The summed E-state index contributed by atoms with van der Waals surface area (Å²) in [4.78, 5) is 10.7. The molecule has 0 aromatic heterocycles. The van der Waals surface area contributed by atoms with Crippen LogP contribution in [-0.4, -0.2) is 33.4 Å². The van der Waals surface area contributed by atoms with Gasteiger partial charge in [0, 0.05) is 4.43 Å². The van der Waals surface area contributed by atoms with Crippen LogP contribution >= 0.6 is 22.6 Å². The highest BCUT2D eigenvalue weighted by atomic mass is 127. The van der Waals surface area contributed by atoms with Crippen LogP contribution in [0.25, 0.3) is 0 Å². The second kappa shape index (κ2) is 2.85. The molecule has 0 amide bonds. The molecule has 1 aliphatic rings. The predicted molar refractivity (Wildman–Crippen MR) is 44.3 cm³/mol. The Hall–Kier alpha value is 0.0900. The molecule has 0 aromatic carbocycles. The lowest BCUT2D eigenvalue weighted by Crippen LogP contribution is -2.39. The minimum absolute atomic E-state index is 0.407. The average Bonchev–Trinajstić information content (AvgIpc) is 2.14. The van der Waals surface area contributed by atoms with E-state index in [9.17, 15) is 9.18 Å². The van der Waals surface area contributed by atoms with E-state index in [4.69, 9.17) is 5.11 Å². The first kappa shape index (κ1) is 9.18. The minimum Gasteiger partial charge on any atom is -0.456 e. The molecule has 1 saturated heterocycles. The first-order valence-electron chi connectivity index (χ1n) is 3.14. The van der Waals surface area contributed by atoms with E-state index in [-0.39, 0.29) is 0 Å². The van der Waals surface area contributed by atoms with E-state index in [2.05, 4.69) is 4.74 Å². The maximum atomic E-state index is 13.1. The number of carbonyl (C=O) groups is 1. The maximum Gasteiger partial charge on any atom is 0.346 e. The summed E-state index contributed by atoms with van der Waals surface area (Å²) in [6.45, 7) is 1.03. The molecule has 0 radical (unpaired) electrons. The van der Waals surface area contributed by atoms with Crippen molar-refractivity contribution in [3.05, 3.63) is 0 Å². The zero-order valence-corrected chi connectivity index (χ0v) is 8.04. The van der Waals surface area contributed by atoms with Crippen LogP contribution < -0.4 is 0 Å². The number of cyclic esters (lactones) is 1. The van der Waals surface area contributed by atoms with Crippen molar-refractivity contribution in [2.75, 3.05) is 4.43 Å². The lowest BCUT2D eigenvalue weighted by molar-refractivity contribution is -0.149. The van der Waals surface area contributed by atoms with Crippen LogP contribution in [0.2, 0.25) is 0 Å². The van der Waals surface area contributed by atoms with Gasteiger partial charge in [-0.2, -0.15) is 0 Å². The molecule has 1 aliphatic heterocycles. The van der Waals surface area contributed by atoms with E-state index in [1.807, 2.05) is 22.6 Å². The van der Waals surface area contributed by atoms with Crippen molar-refractivity contribution in [2.45, 2.75) is 24.8 Å². The van der Waals surface area contributed by atoms with Gasteiger partial charge in [-0.3, -0.25) is 0 Å². The Kier molecular flexibility index (Phi) is 2.38. The first-order valence-corrected chi connectivity index (χ1v) is 4.66. The summed E-state index contributed by atoms with van der Waals surface area (Å²) >= 11 is 1.93. The number of aliphatic hydroxyl groups is 1. The molecule has 0 aliphatic carbocycles. The van der Waals surface area contributed by atoms with Gasteiger partial charge in [-0.1, -0.05) is 22.6 Å². The number of hydrogen-bond donors (Lipinski definition) is 1. The standard InChI is InChI=1S/C6H8FIO3/c1-6(7)4(9)3(2-8)11-5(6)10/h3-4,9H,2H2,1H3/t3-,4+,6+/m0/s1. The normalized spacial score (nSPS) is 44.2. The van der Waals surface area contributed by atoms with Gasteiger partial charge in [-0.05, 0) is 6.92 Å². The molecule has 5 heteroatoms. The molecule has 3 atom stereocenters. The highest BCUT2D eigenvalue weighted by molar-refractivity contribution is 14.1. The molecule has 0 spiro atoms. The Balaban J connectivity index is 2.80. The number of esters is 1. The molecular weight excluding hydrogens is 266 g/mol. The monoisotopic (exact) mass is 274 g/mol. The fourth-order valence-electron chi connectivity index (χ4n) is 0.903. The number of alkyl halides is 2. The van der Waals surface area contributed by atoms with Crippen LogP contribution in [0.5, 0.6) is 0 Å². The molecule has 1 heterocycles. The highest BCUT2D eigenvalue weighted by Crippen LogP contribution is 2.30. The van der Waals surface area contributed by atoms with Gasteiger partial charge in [0.15, 0.2) is 0 Å². The lowest BCUT2D eigenvalue weighted by atomic mass is 10.0. The van der Waals surface area contributed by atoms with Crippen molar-refractivity contribution in [1.82, 2.24) is 0 Å². The molecule has 0 bridgehead atoms. The van der Waals surface area contributed by atoms with Gasteiger partial charge in [0.05, 0.1) is 0 Å². The largest absolute Gasteiger partial charge is 0.456 e. The van der Waals surface area contributed by atoms with Crippen molar-refractivity contribution in [2.24, 2.45) is 0 Å². The number of rotatable bonds is 1. The van der Waals surface area contributed by atoms with Crippen LogP contribution in [-0.2, 0) is 9.53 Å². The first-order chi connectivity index (χ1) is 5.00. The second-order valence-electron chi connectivity index (χ2n) is 2.62. The number of aliphatic hydroxyl groups excluding tert-OH is 1. The third-order valence-electron chi connectivity index (χ3n) is 1.72. The van der Waals surface area contributed by atoms with Gasteiger partial charge >= 0.3 is 5.97 Å². The molecule has 0 aromatic rings. The van der Waals surface area contributed by atoms with Crippen LogP contribution in [0.15, 0.2) is 0 Å². The summed E-state index contributed by atoms with van der Waals surface area (Å²) in [5.41, 5.74) is -2.23. The van der Waals surface area contributed by atoms with Gasteiger partial charge in [0.1, 0.15) is 12.2 Å². The van der Waals surface area contributed by atoms with Gasteiger partial charge in [-0.25, -0.2) is 9.18 Å². The summed E-state index contributed by atoms with van der Waals surface area (Å²) in [7, 11) is 0. The third-order valence-corrected chi connectivity index (χ3v) is 2.59. The Labute approximate surface area is 77.1 Å². The van der Waals surface area contributed by atoms with Crippen LogP contribution in [0.1, 0.15) is 6.92 Å². The lowest BCUT2D eigenvalue weighted by Gasteiger charge is -2.14. The van der Waals surface area contributed by atoms with Crippen molar-refractivity contribution in [1.29, 1.82) is 0 Å². The zero-order chi connectivity index (χ0) is 8.65. The van der Waals surface area contributed by atoms with Gasteiger partial charge in [0.25, 0.3) is 0 Å². The zero-order valence-electron chi connectivity index (χ0n) is 5.88. The summed E-state index contributed by atoms with van der Waals surface area (Å²) < 4.78 is 18.1. The summed E-state index contributed by atoms with van der Waals surface area (Å²) in [6, 6.07) is 0. The summed E-state index contributed by atoms with van der Waals surface area (Å²) in [6.07, 6.45) is -2.02. The molecule has 3 nitrogen and oxygen atoms in total. The Morgan fingerprint density at radius 2 is 2.45 bits per heavy atom. The summed E-state index contributed by atoms with van der Waals surface area (Å²) in [5, 5.41) is 9.16. The average molecular weight is 274 g/mol. The minimum atomic E-state index is -2.23. The molecule has 1 rings (SSSR count). The molecule has 11 heavy (non-hydrogen) atoms. The summed E-state index contributed by atoms with van der Waals surface area (Å²) in [5.74, 6) is -0.966. The number of carbonyl (C=O) groups excluding carboxylic acids is 1. The van der Waals surface area contributed by atoms with Crippen molar-refractivity contribution in [3.63, 3.8) is 0 Å².